The minimum absolute atomic E-state index is 0. The molecule has 142 valence electrons. The highest BCUT2D eigenvalue weighted by molar-refractivity contribution is 5.85. The Kier molecular flexibility index (Phi) is 5.89. The van der Waals surface area contributed by atoms with Gasteiger partial charge in [0, 0.05) is 23.3 Å². The average Bonchev–Trinajstić information content (AvgIpc) is 2.68. The minimum Gasteiger partial charge on any atom is -0.487 e. The second kappa shape index (κ2) is 8.01. The van der Waals surface area contributed by atoms with Gasteiger partial charge in [-0.05, 0) is 80.2 Å². The molecule has 2 aliphatic rings. The average molecular weight is 404 g/mol. The van der Waals surface area contributed by atoms with Gasteiger partial charge in [-0.25, -0.2) is 9.97 Å². The minimum atomic E-state index is 0. The third kappa shape index (κ3) is 3.75. The second-order valence-electron chi connectivity index (χ2n) is 7.13. The van der Waals surface area contributed by atoms with Crippen LogP contribution in [-0.2, 0) is 6.42 Å². The Bertz CT molecular complexity index is 942. The Morgan fingerprint density at radius 1 is 0.926 bits per heavy atom. The van der Waals surface area contributed by atoms with E-state index >= 15 is 0 Å². The molecule has 1 spiro atoms. The van der Waals surface area contributed by atoms with E-state index in [-0.39, 0.29) is 30.4 Å². The van der Waals surface area contributed by atoms with Crippen molar-refractivity contribution in [3.05, 3.63) is 54.4 Å². The summed E-state index contributed by atoms with van der Waals surface area (Å²) in [7, 11) is 0. The number of rotatable bonds is 1. The third-order valence-corrected chi connectivity index (χ3v) is 5.54. The summed E-state index contributed by atoms with van der Waals surface area (Å²) in [5, 5.41) is 4.51. The molecule has 6 heteroatoms. The van der Waals surface area contributed by atoms with E-state index in [0.717, 1.165) is 61.1 Å². The lowest BCUT2D eigenvalue weighted by Crippen LogP contribution is -2.48. The number of ether oxygens (including phenoxy) is 1. The van der Waals surface area contributed by atoms with E-state index in [1.54, 1.807) is 6.20 Å². The van der Waals surface area contributed by atoms with Crippen LogP contribution in [-0.4, -0.2) is 28.7 Å². The van der Waals surface area contributed by atoms with E-state index in [9.17, 15) is 0 Å². The first kappa shape index (κ1) is 19.9. The fourth-order valence-electron chi connectivity index (χ4n) is 4.06. The van der Waals surface area contributed by atoms with Gasteiger partial charge in [0.15, 0.2) is 5.65 Å². The molecule has 5 rings (SSSR count). The van der Waals surface area contributed by atoms with Crippen molar-refractivity contribution in [2.45, 2.75) is 31.3 Å². The number of pyridine rings is 2. The summed E-state index contributed by atoms with van der Waals surface area (Å²) < 4.78 is 6.46. The normalized spacial score (nSPS) is 17.3. The van der Waals surface area contributed by atoms with Crippen molar-refractivity contribution < 1.29 is 4.74 Å². The number of fused-ring (bicyclic) bond motifs is 2. The number of nitrogens with one attached hydrogen (secondary N) is 1. The van der Waals surface area contributed by atoms with Gasteiger partial charge in [0.2, 0.25) is 0 Å². The molecule has 1 N–H and O–H groups in total. The van der Waals surface area contributed by atoms with Gasteiger partial charge in [0.1, 0.15) is 11.4 Å². The highest BCUT2D eigenvalue weighted by atomic mass is 35.5. The van der Waals surface area contributed by atoms with E-state index in [4.69, 9.17) is 4.74 Å². The molecule has 2 aromatic heterocycles. The molecule has 3 aromatic rings. The molecule has 1 saturated heterocycles. The number of halogens is 2. The van der Waals surface area contributed by atoms with Gasteiger partial charge in [0.25, 0.3) is 0 Å². The van der Waals surface area contributed by atoms with Gasteiger partial charge >= 0.3 is 0 Å². The lowest BCUT2D eigenvalue weighted by Gasteiger charge is -2.41. The number of aromatic nitrogens is 2. The summed E-state index contributed by atoms with van der Waals surface area (Å²) in [5.74, 6) is 1.06. The summed E-state index contributed by atoms with van der Waals surface area (Å²) in [6, 6.07) is 12.7. The van der Waals surface area contributed by atoms with Crippen molar-refractivity contribution in [1.82, 2.24) is 15.3 Å². The highest BCUT2D eigenvalue weighted by Gasteiger charge is 2.37. The molecule has 0 atom stereocenters. The van der Waals surface area contributed by atoms with Crippen LogP contribution in [0.5, 0.6) is 5.75 Å². The Balaban J connectivity index is 0.00000105. The van der Waals surface area contributed by atoms with Crippen molar-refractivity contribution in [2.75, 3.05) is 13.1 Å². The fourth-order valence-corrected chi connectivity index (χ4v) is 4.06. The van der Waals surface area contributed by atoms with Crippen molar-refractivity contribution >= 4 is 35.8 Å². The van der Waals surface area contributed by atoms with Crippen LogP contribution in [0.4, 0.5) is 0 Å². The molecular formula is C21H23Cl2N3O. The number of piperidine rings is 1. The van der Waals surface area contributed by atoms with Crippen LogP contribution in [0, 0.1) is 0 Å². The maximum absolute atomic E-state index is 6.46. The summed E-state index contributed by atoms with van der Waals surface area (Å²) in [6.07, 6.45) is 8.11. The smallest absolute Gasteiger partial charge is 0.159 e. The molecule has 1 aromatic carbocycles. The monoisotopic (exact) mass is 403 g/mol. The predicted molar refractivity (Wildman–Crippen MR) is 113 cm³/mol. The zero-order valence-electron chi connectivity index (χ0n) is 15.0. The van der Waals surface area contributed by atoms with Crippen LogP contribution in [0.1, 0.15) is 24.8 Å². The van der Waals surface area contributed by atoms with Crippen LogP contribution in [0.15, 0.2) is 48.8 Å². The second-order valence-corrected chi connectivity index (χ2v) is 7.13. The van der Waals surface area contributed by atoms with Crippen molar-refractivity contribution in [2.24, 2.45) is 0 Å². The Labute approximate surface area is 171 Å². The molecular weight excluding hydrogens is 381 g/mol. The number of hydrogen-bond acceptors (Lipinski definition) is 4. The largest absolute Gasteiger partial charge is 0.487 e. The molecule has 0 aliphatic carbocycles. The maximum atomic E-state index is 6.46. The molecule has 1 fully saturated rings. The molecule has 4 nitrogen and oxygen atoms in total. The van der Waals surface area contributed by atoms with Crippen molar-refractivity contribution in [3.8, 4) is 16.9 Å². The van der Waals surface area contributed by atoms with E-state index < -0.39 is 0 Å². The third-order valence-electron chi connectivity index (χ3n) is 5.54. The molecule has 0 saturated carbocycles. The van der Waals surface area contributed by atoms with Gasteiger partial charge in [-0.3, -0.25) is 0 Å². The molecule has 0 amide bonds. The quantitative estimate of drug-likeness (QED) is 0.645. The standard InChI is InChI=1S/C21H21N3O.2ClH/c1-2-17-13-18(14-24-20(17)23-9-1)15-3-4-19-16(12-15)5-6-21(25-19)7-10-22-11-8-21;;/h1-4,9,12-14,22H,5-8,10-11H2;2*1H. The summed E-state index contributed by atoms with van der Waals surface area (Å²) in [4.78, 5) is 8.79. The number of benzene rings is 1. The Morgan fingerprint density at radius 2 is 1.78 bits per heavy atom. The van der Waals surface area contributed by atoms with Crippen LogP contribution in [0.3, 0.4) is 0 Å². The number of hydrogen-bond donors (Lipinski definition) is 1. The number of aryl methyl sites for hydroxylation is 1. The first-order chi connectivity index (χ1) is 12.3. The van der Waals surface area contributed by atoms with Gasteiger partial charge < -0.3 is 10.1 Å². The molecule has 4 heterocycles. The Hall–Kier alpha value is -1.88. The van der Waals surface area contributed by atoms with Crippen LogP contribution in [0.2, 0.25) is 0 Å². The van der Waals surface area contributed by atoms with Gasteiger partial charge in [-0.2, -0.15) is 0 Å². The SMILES string of the molecule is Cl.Cl.c1cnc2ncc(-c3ccc4c(c3)CCC3(CCNCC3)O4)cc2c1. The lowest BCUT2D eigenvalue weighted by atomic mass is 9.83. The van der Waals surface area contributed by atoms with Gasteiger partial charge in [-0.1, -0.05) is 6.07 Å². The predicted octanol–water partition coefficient (Wildman–Crippen LogP) is 4.59. The maximum Gasteiger partial charge on any atom is 0.159 e. The summed E-state index contributed by atoms with van der Waals surface area (Å²) in [6.45, 7) is 2.12. The highest BCUT2D eigenvalue weighted by Crippen LogP contribution is 2.39. The van der Waals surface area contributed by atoms with Gasteiger partial charge in [-0.15, -0.1) is 24.8 Å². The van der Waals surface area contributed by atoms with Gasteiger partial charge in [0.05, 0.1) is 0 Å². The van der Waals surface area contributed by atoms with Crippen LogP contribution in [0.25, 0.3) is 22.2 Å². The van der Waals surface area contributed by atoms with E-state index in [2.05, 4.69) is 45.6 Å². The first-order valence-corrected chi connectivity index (χ1v) is 9.05. The lowest BCUT2D eigenvalue weighted by molar-refractivity contribution is 0.0170. The first-order valence-electron chi connectivity index (χ1n) is 9.05. The molecule has 2 aliphatic heterocycles. The zero-order valence-corrected chi connectivity index (χ0v) is 16.6. The van der Waals surface area contributed by atoms with Crippen molar-refractivity contribution in [1.29, 1.82) is 0 Å². The van der Waals surface area contributed by atoms with E-state index in [1.807, 2.05) is 12.3 Å². The Morgan fingerprint density at radius 3 is 2.63 bits per heavy atom. The van der Waals surface area contributed by atoms with Crippen LogP contribution >= 0.6 is 24.8 Å². The topological polar surface area (TPSA) is 47.0 Å². The van der Waals surface area contributed by atoms with E-state index in [1.165, 1.54) is 11.1 Å². The van der Waals surface area contributed by atoms with Crippen LogP contribution < -0.4 is 10.1 Å². The molecule has 27 heavy (non-hydrogen) atoms. The molecule has 0 bridgehead atoms. The fraction of sp³-hybridized carbons (Fsp3) is 0.333. The summed E-state index contributed by atoms with van der Waals surface area (Å²) >= 11 is 0. The zero-order chi connectivity index (χ0) is 16.7. The molecule has 0 unspecified atom stereocenters. The molecule has 0 radical (unpaired) electrons. The number of nitrogens with zero attached hydrogens (tertiary/aromatic N) is 2. The van der Waals surface area contributed by atoms with Crippen molar-refractivity contribution in [3.63, 3.8) is 0 Å². The van der Waals surface area contributed by atoms with E-state index in [0.29, 0.717) is 0 Å². The summed E-state index contributed by atoms with van der Waals surface area (Å²) in [5.41, 5.74) is 4.48.